The standard InChI is InChI=1S/C41H64N2O6/c1-8-14-37-34-18-13-12-17-33(34)26-46-23-21-40(6)42(35(27-48-40)29(2)3)38(44)20-19-32(25-31-15-10-9-11-16-31)39(45)43-36(30(4)5)28-49-41(43,7)22-24-47-37/h8,12-13,17-18,29-32,35-37H,1,9-11,14-16,19-28H2,2-7H3/t32?,35-,36-,37?,40?,41?/m1/s1. The topological polar surface area (TPSA) is 77.5 Å². The molecule has 3 fully saturated rings. The smallest absolute Gasteiger partial charge is 0.228 e. The molecule has 8 heteroatoms. The van der Waals surface area contributed by atoms with Crippen LogP contribution in [-0.2, 0) is 35.1 Å². The van der Waals surface area contributed by atoms with Crippen molar-refractivity contribution in [2.45, 2.75) is 148 Å². The number of benzene rings is 1. The normalized spacial score (nSPS) is 33.1. The first-order valence-electron chi connectivity index (χ1n) is 19.3. The molecule has 1 saturated carbocycles. The fourth-order valence-electron chi connectivity index (χ4n) is 8.76. The van der Waals surface area contributed by atoms with Gasteiger partial charge >= 0.3 is 0 Å². The maximum Gasteiger partial charge on any atom is 0.228 e. The van der Waals surface area contributed by atoms with Crippen molar-refractivity contribution in [3.05, 3.63) is 48.0 Å². The lowest BCUT2D eigenvalue weighted by Gasteiger charge is -2.41. The highest BCUT2D eigenvalue weighted by molar-refractivity contribution is 5.82. The molecule has 0 radical (unpaired) electrons. The van der Waals surface area contributed by atoms with Gasteiger partial charge in [0.05, 0.1) is 51.2 Å². The zero-order chi connectivity index (χ0) is 35.2. The lowest BCUT2D eigenvalue weighted by molar-refractivity contribution is -0.159. The highest BCUT2D eigenvalue weighted by atomic mass is 16.5. The van der Waals surface area contributed by atoms with Crippen LogP contribution >= 0.6 is 0 Å². The summed E-state index contributed by atoms with van der Waals surface area (Å²) < 4.78 is 26.0. The molecule has 8 nitrogen and oxygen atoms in total. The quantitative estimate of drug-likeness (QED) is 0.282. The maximum atomic E-state index is 15.0. The van der Waals surface area contributed by atoms with Gasteiger partial charge < -0.3 is 28.7 Å². The maximum absolute atomic E-state index is 15.0. The number of fused-ring (bicyclic) bond motifs is 3. The van der Waals surface area contributed by atoms with Crippen LogP contribution in [-0.4, -0.2) is 71.6 Å². The van der Waals surface area contributed by atoms with Gasteiger partial charge in [0, 0.05) is 25.2 Å². The lowest BCUT2D eigenvalue weighted by atomic mass is 9.80. The predicted octanol–water partition coefficient (Wildman–Crippen LogP) is 8.20. The highest BCUT2D eigenvalue weighted by Crippen LogP contribution is 2.41. The number of rotatable bonds is 6. The Morgan fingerprint density at radius 1 is 0.878 bits per heavy atom. The molecule has 1 aromatic carbocycles. The summed E-state index contributed by atoms with van der Waals surface area (Å²) in [6.45, 7) is 19.1. The van der Waals surface area contributed by atoms with Crippen LogP contribution in [0.1, 0.15) is 129 Å². The van der Waals surface area contributed by atoms with E-state index >= 15 is 0 Å². The Kier molecular flexibility index (Phi) is 13.1. The van der Waals surface area contributed by atoms with Gasteiger partial charge in [-0.05, 0) is 62.0 Å². The summed E-state index contributed by atoms with van der Waals surface area (Å²) in [5.41, 5.74) is 0.590. The summed E-state index contributed by atoms with van der Waals surface area (Å²) in [6, 6.07) is 8.23. The minimum absolute atomic E-state index is 0.0164. The van der Waals surface area contributed by atoms with E-state index in [4.69, 9.17) is 18.9 Å². The van der Waals surface area contributed by atoms with Crippen LogP contribution in [0.15, 0.2) is 36.9 Å². The molecule has 1 aliphatic carbocycles. The van der Waals surface area contributed by atoms with E-state index in [0.717, 1.165) is 30.4 Å². The average Bonchev–Trinajstić information content (AvgIpc) is 3.62. The molecule has 3 aliphatic heterocycles. The molecule has 49 heavy (non-hydrogen) atoms. The second-order valence-corrected chi connectivity index (χ2v) is 16.2. The Labute approximate surface area is 296 Å². The molecule has 1 aromatic rings. The lowest BCUT2D eigenvalue weighted by Crippen LogP contribution is -2.54. The molecule has 5 rings (SSSR count). The van der Waals surface area contributed by atoms with Crippen molar-refractivity contribution in [3.8, 4) is 0 Å². The van der Waals surface area contributed by atoms with Gasteiger partial charge in [-0.3, -0.25) is 9.59 Å². The Hall–Kier alpha value is -2.26. The number of hydrogen-bond donors (Lipinski definition) is 0. The first-order valence-corrected chi connectivity index (χ1v) is 19.3. The first kappa shape index (κ1) is 38.0. The van der Waals surface area contributed by atoms with Crippen LogP contribution in [0, 0.1) is 23.7 Å². The molecule has 2 saturated heterocycles. The molecule has 0 spiro atoms. The Morgan fingerprint density at radius 2 is 1.51 bits per heavy atom. The molecule has 6 atom stereocenters. The Morgan fingerprint density at radius 3 is 2.18 bits per heavy atom. The molecule has 274 valence electrons. The van der Waals surface area contributed by atoms with Crippen LogP contribution in [0.5, 0.6) is 0 Å². The molecule has 4 aliphatic rings. The average molecular weight is 681 g/mol. The molecule has 2 amide bonds. The Balaban J connectivity index is 1.50. The summed E-state index contributed by atoms with van der Waals surface area (Å²) in [4.78, 5) is 33.4. The minimum atomic E-state index is -0.796. The molecule has 3 heterocycles. The molecule has 0 aromatic heterocycles. The zero-order valence-electron chi connectivity index (χ0n) is 31.3. The summed E-state index contributed by atoms with van der Waals surface area (Å²) >= 11 is 0. The summed E-state index contributed by atoms with van der Waals surface area (Å²) in [7, 11) is 0. The first-order chi connectivity index (χ1) is 23.5. The third kappa shape index (κ3) is 8.80. The molecule has 4 unspecified atom stereocenters. The molecule has 0 N–H and O–H groups in total. The number of carbonyl (C=O) groups excluding carboxylic acids is 2. The molecular weight excluding hydrogens is 616 g/mol. The van der Waals surface area contributed by atoms with Gasteiger partial charge in [0.25, 0.3) is 0 Å². The van der Waals surface area contributed by atoms with Gasteiger partial charge in [-0.2, -0.15) is 0 Å². The van der Waals surface area contributed by atoms with Crippen molar-refractivity contribution >= 4 is 11.8 Å². The predicted molar refractivity (Wildman–Crippen MR) is 192 cm³/mol. The van der Waals surface area contributed by atoms with Crippen LogP contribution < -0.4 is 0 Å². The number of ether oxygens (including phenoxy) is 4. The zero-order valence-corrected chi connectivity index (χ0v) is 31.3. The minimum Gasteiger partial charge on any atom is -0.377 e. The molecule has 0 bridgehead atoms. The van der Waals surface area contributed by atoms with Gasteiger partial charge in [-0.25, -0.2) is 0 Å². The van der Waals surface area contributed by atoms with Gasteiger partial charge in [-0.1, -0.05) is 90.1 Å². The van der Waals surface area contributed by atoms with E-state index in [1.807, 2.05) is 30.0 Å². The number of amides is 2. The van der Waals surface area contributed by atoms with E-state index in [1.165, 1.54) is 19.3 Å². The van der Waals surface area contributed by atoms with Crippen molar-refractivity contribution in [3.63, 3.8) is 0 Å². The van der Waals surface area contributed by atoms with Crippen molar-refractivity contribution < 1.29 is 28.5 Å². The van der Waals surface area contributed by atoms with Gasteiger partial charge in [0.2, 0.25) is 11.8 Å². The van der Waals surface area contributed by atoms with Crippen LogP contribution in [0.4, 0.5) is 0 Å². The van der Waals surface area contributed by atoms with Crippen molar-refractivity contribution in [1.29, 1.82) is 0 Å². The van der Waals surface area contributed by atoms with Gasteiger partial charge in [0.1, 0.15) is 11.4 Å². The van der Waals surface area contributed by atoms with E-state index in [0.29, 0.717) is 71.1 Å². The van der Waals surface area contributed by atoms with Crippen molar-refractivity contribution in [2.24, 2.45) is 23.7 Å². The third-order valence-corrected chi connectivity index (χ3v) is 11.9. The SMILES string of the molecule is C=CCC1OCCC2(C)OC[C@H](C(C)C)N2C(=O)C(CC2CCCCC2)CCC(=O)N2[C@@H](C(C)C)COC2(C)CCOCc2ccccc21. The summed E-state index contributed by atoms with van der Waals surface area (Å²) in [6.07, 6.45) is 11.2. The van der Waals surface area contributed by atoms with Gasteiger partial charge in [-0.15, -0.1) is 6.58 Å². The fraction of sp³-hybridized carbons (Fsp3) is 0.756. The summed E-state index contributed by atoms with van der Waals surface area (Å²) in [5, 5.41) is 0. The second kappa shape index (κ2) is 16.8. The number of nitrogens with zero attached hydrogens (tertiary/aromatic N) is 2. The largest absolute Gasteiger partial charge is 0.377 e. The molecular formula is C41H64N2O6. The number of carbonyl (C=O) groups is 2. The Bertz CT molecular complexity index is 1260. The second-order valence-electron chi connectivity index (χ2n) is 16.2. The fourth-order valence-corrected chi connectivity index (χ4v) is 8.76. The van der Waals surface area contributed by atoms with E-state index in [-0.39, 0.29) is 47.8 Å². The number of hydrogen-bond acceptors (Lipinski definition) is 6. The van der Waals surface area contributed by atoms with Crippen LogP contribution in [0.3, 0.4) is 0 Å². The highest BCUT2D eigenvalue weighted by Gasteiger charge is 2.51. The summed E-state index contributed by atoms with van der Waals surface area (Å²) in [5.74, 6) is 0.960. The van der Waals surface area contributed by atoms with E-state index in [2.05, 4.69) is 58.2 Å². The monoisotopic (exact) mass is 680 g/mol. The van der Waals surface area contributed by atoms with E-state index in [1.54, 1.807) is 0 Å². The van der Waals surface area contributed by atoms with Crippen molar-refractivity contribution in [2.75, 3.05) is 26.4 Å². The van der Waals surface area contributed by atoms with Crippen LogP contribution in [0.2, 0.25) is 0 Å². The van der Waals surface area contributed by atoms with Crippen molar-refractivity contribution in [1.82, 2.24) is 9.80 Å². The van der Waals surface area contributed by atoms with Crippen LogP contribution in [0.25, 0.3) is 0 Å². The third-order valence-electron chi connectivity index (χ3n) is 11.9. The van der Waals surface area contributed by atoms with E-state index in [9.17, 15) is 9.59 Å². The van der Waals surface area contributed by atoms with E-state index < -0.39 is 11.4 Å². The van der Waals surface area contributed by atoms with Gasteiger partial charge in [0.15, 0.2) is 0 Å².